The number of piperidine rings is 1. The van der Waals surface area contributed by atoms with Gasteiger partial charge in [0, 0.05) is 70.4 Å². The van der Waals surface area contributed by atoms with Crippen molar-refractivity contribution < 1.29 is 14.7 Å². The van der Waals surface area contributed by atoms with Gasteiger partial charge in [0.25, 0.3) is 5.56 Å². The zero-order chi connectivity index (χ0) is 33.9. The molecule has 0 bridgehead atoms. The molecule has 3 aromatic rings. The summed E-state index contributed by atoms with van der Waals surface area (Å²) in [6.07, 6.45) is 6.80. The number of aromatic nitrogens is 2. The number of nitrogens with zero attached hydrogens (tertiary/aromatic N) is 5. The molecule has 1 unspecified atom stereocenters. The summed E-state index contributed by atoms with van der Waals surface area (Å²) in [5.41, 5.74) is 0.863. The van der Waals surface area contributed by atoms with Gasteiger partial charge in [-0.05, 0) is 69.5 Å². The Labute approximate surface area is 283 Å². The van der Waals surface area contributed by atoms with Gasteiger partial charge in [-0.1, -0.05) is 36.4 Å². The van der Waals surface area contributed by atoms with Crippen molar-refractivity contribution in [2.24, 2.45) is 5.92 Å². The molecule has 1 atom stereocenters. The summed E-state index contributed by atoms with van der Waals surface area (Å²) in [5.74, 6) is -0.0833. The van der Waals surface area contributed by atoms with E-state index < -0.39 is 5.60 Å². The lowest BCUT2D eigenvalue weighted by Crippen LogP contribution is -2.51. The van der Waals surface area contributed by atoms with Crippen LogP contribution in [0.2, 0.25) is 0 Å². The summed E-state index contributed by atoms with van der Waals surface area (Å²) in [7, 11) is 2.11. The first-order valence-corrected chi connectivity index (χ1v) is 17.3. The van der Waals surface area contributed by atoms with Crippen molar-refractivity contribution in [1.29, 1.82) is 0 Å². The second kappa shape index (κ2) is 17.0. The molecule has 48 heavy (non-hydrogen) atoms. The highest BCUT2D eigenvalue weighted by Crippen LogP contribution is 2.27. The number of likely N-dealkylation sites (N-methyl/N-ethyl adjacent to an activating group) is 1. The molecule has 258 valence electrons. The van der Waals surface area contributed by atoms with E-state index in [4.69, 9.17) is 0 Å². The minimum Gasteiger partial charge on any atom is -0.388 e. The molecule has 2 aliphatic rings. The van der Waals surface area contributed by atoms with Gasteiger partial charge in [-0.3, -0.25) is 19.0 Å². The zero-order valence-electron chi connectivity index (χ0n) is 28.3. The highest BCUT2D eigenvalue weighted by Gasteiger charge is 2.36. The third kappa shape index (κ3) is 9.82. The number of rotatable bonds is 15. The average molecular weight is 658 g/mol. The van der Waals surface area contributed by atoms with Crippen molar-refractivity contribution in [3.63, 3.8) is 0 Å². The Kier molecular flexibility index (Phi) is 12.5. The molecular weight excluding hydrogens is 606 g/mol. The van der Waals surface area contributed by atoms with E-state index in [0.717, 1.165) is 57.7 Å². The van der Waals surface area contributed by atoms with E-state index in [0.29, 0.717) is 61.9 Å². The molecule has 5 rings (SSSR count). The second-order valence-corrected chi connectivity index (χ2v) is 13.4. The van der Waals surface area contributed by atoms with Crippen LogP contribution in [-0.4, -0.2) is 113 Å². The fourth-order valence-corrected chi connectivity index (χ4v) is 6.67. The van der Waals surface area contributed by atoms with Crippen LogP contribution in [0.4, 0.5) is 5.69 Å². The third-order valence-corrected chi connectivity index (χ3v) is 9.70. The van der Waals surface area contributed by atoms with Crippen molar-refractivity contribution in [1.82, 2.24) is 29.6 Å². The first kappa shape index (κ1) is 35.4. The van der Waals surface area contributed by atoms with Gasteiger partial charge in [-0.15, -0.1) is 6.58 Å². The van der Waals surface area contributed by atoms with Crippen molar-refractivity contribution in [2.45, 2.75) is 50.7 Å². The van der Waals surface area contributed by atoms with Gasteiger partial charge in [-0.25, -0.2) is 4.98 Å². The maximum atomic E-state index is 13.7. The van der Waals surface area contributed by atoms with Gasteiger partial charge in [0.15, 0.2) is 0 Å². The molecule has 2 aliphatic heterocycles. The van der Waals surface area contributed by atoms with Gasteiger partial charge in [0.05, 0.1) is 29.4 Å². The van der Waals surface area contributed by atoms with E-state index in [1.165, 1.54) is 10.9 Å². The van der Waals surface area contributed by atoms with Crippen LogP contribution in [0, 0.1) is 5.92 Å². The number of hydrogen-bond acceptors (Lipinski definition) is 8. The Morgan fingerprint density at radius 1 is 1.06 bits per heavy atom. The number of fused-ring (bicyclic) bond motifs is 1. The van der Waals surface area contributed by atoms with Gasteiger partial charge in [0.2, 0.25) is 11.8 Å². The van der Waals surface area contributed by atoms with Crippen LogP contribution in [0.15, 0.2) is 72.3 Å². The van der Waals surface area contributed by atoms with Crippen LogP contribution in [0.3, 0.4) is 0 Å². The lowest BCUT2D eigenvalue weighted by molar-refractivity contribution is -0.140. The van der Waals surface area contributed by atoms with E-state index >= 15 is 0 Å². The minimum atomic E-state index is -1.13. The Balaban J connectivity index is 1.15. The Hall–Kier alpha value is -3.90. The number of nitrogens with one attached hydrogen (secondary N) is 2. The number of anilines is 1. The lowest BCUT2D eigenvalue weighted by atomic mass is 9.88. The highest BCUT2D eigenvalue weighted by atomic mass is 16.3. The van der Waals surface area contributed by atoms with Crippen LogP contribution in [0.1, 0.15) is 37.7 Å². The molecule has 11 nitrogen and oxygen atoms in total. The van der Waals surface area contributed by atoms with Crippen molar-refractivity contribution >= 4 is 28.4 Å². The number of benzene rings is 2. The largest absolute Gasteiger partial charge is 0.388 e. The monoisotopic (exact) mass is 657 g/mol. The van der Waals surface area contributed by atoms with E-state index in [9.17, 15) is 19.5 Å². The molecule has 0 saturated carbocycles. The van der Waals surface area contributed by atoms with Crippen LogP contribution >= 0.6 is 0 Å². The summed E-state index contributed by atoms with van der Waals surface area (Å²) in [5, 5.41) is 18.2. The quantitative estimate of drug-likeness (QED) is 0.169. The zero-order valence-corrected chi connectivity index (χ0v) is 28.3. The van der Waals surface area contributed by atoms with E-state index in [2.05, 4.69) is 51.2 Å². The number of carbonyl (C=O) groups is 2. The van der Waals surface area contributed by atoms with Crippen LogP contribution in [0.25, 0.3) is 10.9 Å². The summed E-state index contributed by atoms with van der Waals surface area (Å²) >= 11 is 0. The van der Waals surface area contributed by atoms with Crippen LogP contribution < -0.4 is 16.2 Å². The summed E-state index contributed by atoms with van der Waals surface area (Å²) in [6, 6.07) is 15.2. The van der Waals surface area contributed by atoms with Gasteiger partial charge in [0.1, 0.15) is 0 Å². The molecular formula is C37H51N7O4. The number of aliphatic hydroxyl groups is 1. The SMILES string of the molecule is C=CCNCCCC(Cc1ccccc1)C(=O)N1CCC(O)(Cn2cnc3cc(NC(=O)CCN4CCN(C)CC4)ccc3c2=O)CC1. The second-order valence-electron chi connectivity index (χ2n) is 13.4. The molecule has 11 heteroatoms. The maximum Gasteiger partial charge on any atom is 0.261 e. The molecule has 2 aromatic carbocycles. The van der Waals surface area contributed by atoms with E-state index in [-0.39, 0.29) is 29.8 Å². The molecule has 2 saturated heterocycles. The number of carbonyl (C=O) groups excluding carboxylic acids is 2. The predicted molar refractivity (Wildman–Crippen MR) is 190 cm³/mol. The lowest BCUT2D eigenvalue weighted by Gasteiger charge is -2.39. The minimum absolute atomic E-state index is 0.0689. The number of amides is 2. The van der Waals surface area contributed by atoms with Gasteiger partial charge >= 0.3 is 0 Å². The van der Waals surface area contributed by atoms with Crippen molar-refractivity contribution in [2.75, 3.05) is 71.3 Å². The van der Waals surface area contributed by atoms with Crippen molar-refractivity contribution in [3.8, 4) is 0 Å². The smallest absolute Gasteiger partial charge is 0.261 e. The number of likely N-dealkylation sites (tertiary alicyclic amines) is 1. The molecule has 0 spiro atoms. The van der Waals surface area contributed by atoms with Crippen molar-refractivity contribution in [3.05, 3.63) is 83.4 Å². The summed E-state index contributed by atoms with van der Waals surface area (Å²) in [6.45, 7) is 10.9. The normalized spacial score (nSPS) is 17.7. The molecule has 0 aliphatic carbocycles. The number of hydrogen-bond donors (Lipinski definition) is 3. The molecule has 3 N–H and O–H groups in total. The highest BCUT2D eigenvalue weighted by molar-refractivity contribution is 5.93. The molecule has 3 heterocycles. The standard InChI is InChI=1S/C37H51N7O4/c1-3-16-38-17-7-10-30(25-29-8-5-4-6-9-29)35(46)43-19-14-37(48,15-20-43)27-44-28-39-33-26-31(11-12-32(33)36(44)47)40-34(45)13-18-42-23-21-41(2)22-24-42/h3-6,8-9,11-12,26,28,30,38,48H,1,7,10,13-25,27H2,2H3,(H,40,45). The van der Waals surface area contributed by atoms with E-state index in [1.807, 2.05) is 29.2 Å². The molecule has 0 radical (unpaired) electrons. The maximum absolute atomic E-state index is 13.7. The van der Waals surface area contributed by atoms with Gasteiger partial charge in [-0.2, -0.15) is 0 Å². The molecule has 1 aromatic heterocycles. The van der Waals surface area contributed by atoms with E-state index in [1.54, 1.807) is 18.2 Å². The average Bonchev–Trinajstić information content (AvgIpc) is 3.09. The Morgan fingerprint density at radius 3 is 2.54 bits per heavy atom. The Morgan fingerprint density at radius 2 is 1.81 bits per heavy atom. The van der Waals surface area contributed by atoms with Crippen LogP contribution in [0.5, 0.6) is 0 Å². The molecule has 2 fully saturated rings. The third-order valence-electron chi connectivity index (χ3n) is 9.70. The molecule has 2 amide bonds. The predicted octanol–water partition coefficient (Wildman–Crippen LogP) is 2.74. The fraction of sp³-hybridized carbons (Fsp3) is 0.514. The summed E-state index contributed by atoms with van der Waals surface area (Å²) in [4.78, 5) is 50.7. The fourth-order valence-electron chi connectivity index (χ4n) is 6.67. The number of piperazine rings is 1. The Bertz CT molecular complexity index is 1580. The first-order chi connectivity index (χ1) is 23.2. The topological polar surface area (TPSA) is 123 Å². The summed E-state index contributed by atoms with van der Waals surface area (Å²) < 4.78 is 1.46. The first-order valence-electron chi connectivity index (χ1n) is 17.3. The van der Waals surface area contributed by atoms with Gasteiger partial charge < -0.3 is 30.4 Å². The van der Waals surface area contributed by atoms with Crippen LogP contribution in [-0.2, 0) is 22.6 Å².